The SMILES string of the molecule is CCCNCCCCCNCCCC/C=C/COC. The monoisotopic (exact) mass is 270 g/mol. The van der Waals surface area contributed by atoms with Crippen molar-refractivity contribution in [2.75, 3.05) is 39.9 Å². The number of nitrogens with one attached hydrogen (secondary N) is 2. The van der Waals surface area contributed by atoms with Crippen molar-refractivity contribution in [1.29, 1.82) is 0 Å². The highest BCUT2D eigenvalue weighted by atomic mass is 16.5. The Balaban J connectivity index is 2.95. The van der Waals surface area contributed by atoms with Crippen molar-refractivity contribution in [3.63, 3.8) is 0 Å². The number of rotatable bonds is 15. The van der Waals surface area contributed by atoms with E-state index in [0.717, 1.165) is 19.7 Å². The van der Waals surface area contributed by atoms with E-state index in [2.05, 4.69) is 29.7 Å². The number of ether oxygens (including phenoxy) is 1. The van der Waals surface area contributed by atoms with E-state index in [1.807, 2.05) is 0 Å². The van der Waals surface area contributed by atoms with Gasteiger partial charge in [-0.05, 0) is 64.7 Å². The van der Waals surface area contributed by atoms with Gasteiger partial charge >= 0.3 is 0 Å². The lowest BCUT2D eigenvalue weighted by Crippen LogP contribution is -2.18. The Morgan fingerprint density at radius 2 is 1.42 bits per heavy atom. The van der Waals surface area contributed by atoms with E-state index in [1.165, 1.54) is 58.0 Å². The van der Waals surface area contributed by atoms with Crippen LogP contribution in [0.3, 0.4) is 0 Å². The van der Waals surface area contributed by atoms with Crippen LogP contribution >= 0.6 is 0 Å². The Hall–Kier alpha value is -0.380. The third kappa shape index (κ3) is 17.6. The predicted octanol–water partition coefficient (Wildman–Crippen LogP) is 3.12. The summed E-state index contributed by atoms with van der Waals surface area (Å²) in [5, 5.41) is 6.96. The van der Waals surface area contributed by atoms with Crippen LogP contribution in [0.15, 0.2) is 12.2 Å². The van der Waals surface area contributed by atoms with Crippen LogP contribution in [0, 0.1) is 0 Å². The number of hydrogen-bond donors (Lipinski definition) is 2. The summed E-state index contributed by atoms with van der Waals surface area (Å²) in [7, 11) is 1.73. The molecule has 0 spiro atoms. The highest BCUT2D eigenvalue weighted by Crippen LogP contribution is 1.96. The quantitative estimate of drug-likeness (QED) is 0.354. The Kier molecular flexibility index (Phi) is 17.3. The highest BCUT2D eigenvalue weighted by Gasteiger charge is 1.91. The largest absolute Gasteiger partial charge is 0.381 e. The molecule has 2 N–H and O–H groups in total. The first-order chi connectivity index (χ1) is 9.41. The maximum atomic E-state index is 4.95. The fourth-order valence-corrected chi connectivity index (χ4v) is 1.90. The van der Waals surface area contributed by atoms with E-state index < -0.39 is 0 Å². The van der Waals surface area contributed by atoms with Crippen molar-refractivity contribution < 1.29 is 4.74 Å². The Morgan fingerprint density at radius 1 is 0.789 bits per heavy atom. The maximum Gasteiger partial charge on any atom is 0.0643 e. The van der Waals surface area contributed by atoms with Gasteiger partial charge in [0.05, 0.1) is 6.61 Å². The van der Waals surface area contributed by atoms with E-state index >= 15 is 0 Å². The van der Waals surface area contributed by atoms with Crippen LogP contribution in [0.25, 0.3) is 0 Å². The van der Waals surface area contributed by atoms with Gasteiger partial charge in [0.2, 0.25) is 0 Å². The van der Waals surface area contributed by atoms with Crippen LogP contribution in [-0.4, -0.2) is 39.9 Å². The molecule has 0 heterocycles. The van der Waals surface area contributed by atoms with Gasteiger partial charge in [0.1, 0.15) is 0 Å². The zero-order valence-electron chi connectivity index (χ0n) is 13.0. The van der Waals surface area contributed by atoms with Gasteiger partial charge in [-0.25, -0.2) is 0 Å². The molecule has 0 aromatic heterocycles. The summed E-state index contributed by atoms with van der Waals surface area (Å²) in [5.41, 5.74) is 0. The minimum Gasteiger partial charge on any atom is -0.381 e. The average molecular weight is 270 g/mol. The summed E-state index contributed by atoms with van der Waals surface area (Å²) >= 11 is 0. The fourth-order valence-electron chi connectivity index (χ4n) is 1.90. The van der Waals surface area contributed by atoms with Gasteiger partial charge in [0.15, 0.2) is 0 Å². The second-order valence-corrected chi connectivity index (χ2v) is 4.98. The molecule has 19 heavy (non-hydrogen) atoms. The topological polar surface area (TPSA) is 33.3 Å². The molecule has 3 nitrogen and oxygen atoms in total. The molecule has 0 aromatic rings. The molecule has 114 valence electrons. The Bertz CT molecular complexity index is 184. The number of unbranched alkanes of at least 4 members (excludes halogenated alkanes) is 4. The number of hydrogen-bond acceptors (Lipinski definition) is 3. The van der Waals surface area contributed by atoms with Gasteiger partial charge < -0.3 is 15.4 Å². The van der Waals surface area contributed by atoms with Crippen molar-refractivity contribution in [3.05, 3.63) is 12.2 Å². The van der Waals surface area contributed by atoms with Gasteiger partial charge in [-0.3, -0.25) is 0 Å². The molecule has 0 radical (unpaired) electrons. The molecule has 0 aromatic carbocycles. The molecule has 0 aliphatic heterocycles. The van der Waals surface area contributed by atoms with Crippen molar-refractivity contribution in [2.45, 2.75) is 51.9 Å². The summed E-state index contributed by atoms with van der Waals surface area (Å²) in [6, 6.07) is 0. The molecule has 0 saturated heterocycles. The fraction of sp³-hybridized carbons (Fsp3) is 0.875. The van der Waals surface area contributed by atoms with Gasteiger partial charge in [-0.2, -0.15) is 0 Å². The molecule has 0 atom stereocenters. The number of allylic oxidation sites excluding steroid dienone is 1. The minimum atomic E-state index is 0.741. The molecule has 0 aliphatic rings. The molecule has 0 rings (SSSR count). The van der Waals surface area contributed by atoms with Crippen LogP contribution in [0.5, 0.6) is 0 Å². The van der Waals surface area contributed by atoms with E-state index in [1.54, 1.807) is 7.11 Å². The minimum absolute atomic E-state index is 0.741. The molecule has 0 saturated carbocycles. The van der Waals surface area contributed by atoms with Crippen LogP contribution in [-0.2, 0) is 4.74 Å². The smallest absolute Gasteiger partial charge is 0.0643 e. The average Bonchev–Trinajstić information content (AvgIpc) is 2.43. The van der Waals surface area contributed by atoms with E-state index in [-0.39, 0.29) is 0 Å². The summed E-state index contributed by atoms with van der Waals surface area (Å²) in [5.74, 6) is 0. The molecule has 0 aliphatic carbocycles. The summed E-state index contributed by atoms with van der Waals surface area (Å²) < 4.78 is 4.95. The lowest BCUT2D eigenvalue weighted by atomic mass is 10.2. The molecular weight excluding hydrogens is 236 g/mol. The first-order valence-electron chi connectivity index (χ1n) is 7.97. The van der Waals surface area contributed by atoms with Gasteiger partial charge in [0, 0.05) is 7.11 Å². The molecular formula is C16H34N2O. The van der Waals surface area contributed by atoms with Gasteiger partial charge in [-0.1, -0.05) is 25.5 Å². The normalized spacial score (nSPS) is 11.5. The van der Waals surface area contributed by atoms with Crippen LogP contribution in [0.1, 0.15) is 51.9 Å². The molecule has 0 unspecified atom stereocenters. The van der Waals surface area contributed by atoms with E-state index in [9.17, 15) is 0 Å². The first kappa shape index (κ1) is 18.6. The third-order valence-corrected chi connectivity index (χ3v) is 3.04. The second-order valence-electron chi connectivity index (χ2n) is 4.98. The lowest BCUT2D eigenvalue weighted by molar-refractivity contribution is 0.233. The molecule has 3 heteroatoms. The summed E-state index contributed by atoms with van der Waals surface area (Å²) in [6.07, 6.45) is 13.2. The zero-order valence-corrected chi connectivity index (χ0v) is 13.0. The Morgan fingerprint density at radius 3 is 2.05 bits per heavy atom. The maximum absolute atomic E-state index is 4.95. The summed E-state index contributed by atoms with van der Waals surface area (Å²) in [4.78, 5) is 0. The van der Waals surface area contributed by atoms with Crippen molar-refractivity contribution in [1.82, 2.24) is 10.6 Å². The van der Waals surface area contributed by atoms with Crippen molar-refractivity contribution >= 4 is 0 Å². The van der Waals surface area contributed by atoms with E-state index in [4.69, 9.17) is 4.74 Å². The third-order valence-electron chi connectivity index (χ3n) is 3.04. The molecule has 0 fully saturated rings. The summed E-state index contributed by atoms with van der Waals surface area (Å²) in [6.45, 7) is 7.63. The molecule has 0 bridgehead atoms. The van der Waals surface area contributed by atoms with E-state index in [0.29, 0.717) is 0 Å². The highest BCUT2D eigenvalue weighted by molar-refractivity contribution is 4.80. The van der Waals surface area contributed by atoms with Crippen molar-refractivity contribution in [2.24, 2.45) is 0 Å². The van der Waals surface area contributed by atoms with Crippen LogP contribution in [0.4, 0.5) is 0 Å². The lowest BCUT2D eigenvalue weighted by Gasteiger charge is -2.05. The first-order valence-corrected chi connectivity index (χ1v) is 7.97. The molecule has 0 amide bonds. The van der Waals surface area contributed by atoms with Crippen LogP contribution in [0.2, 0.25) is 0 Å². The van der Waals surface area contributed by atoms with Gasteiger partial charge in [-0.15, -0.1) is 0 Å². The van der Waals surface area contributed by atoms with Crippen LogP contribution < -0.4 is 10.6 Å². The zero-order chi connectivity index (χ0) is 14.0. The number of methoxy groups -OCH3 is 1. The predicted molar refractivity (Wildman–Crippen MR) is 84.7 cm³/mol. The second kappa shape index (κ2) is 17.6. The van der Waals surface area contributed by atoms with Gasteiger partial charge in [0.25, 0.3) is 0 Å². The van der Waals surface area contributed by atoms with Crippen molar-refractivity contribution in [3.8, 4) is 0 Å². The standard InChI is InChI=1S/C16H34N2O/c1-3-12-17-13-9-7-10-15-18-14-8-5-4-6-11-16-19-2/h6,11,17-18H,3-5,7-10,12-16H2,1-2H3/b11-6+. The Labute approximate surface area is 120 Å².